The SMILES string of the molecule is COc1cc2sc(C(=O)CCC(=O)O)cc2c(F)c1OC/C=C/COc1c(OC)cc2sc(C(=O)CCC(=O)I)cc2c1F. The van der Waals surface area contributed by atoms with E-state index in [9.17, 15) is 19.2 Å². The number of halogens is 3. The number of hydrogen-bond acceptors (Lipinski definition) is 10. The van der Waals surface area contributed by atoms with E-state index < -0.39 is 23.4 Å². The summed E-state index contributed by atoms with van der Waals surface area (Å²) < 4.78 is 53.3. The van der Waals surface area contributed by atoms with E-state index in [2.05, 4.69) is 0 Å². The number of Topliss-reactive ketones (excluding diaryl/α,β-unsaturated/α-hetero) is 2. The number of fused-ring (bicyclic) bond motifs is 2. The molecule has 0 amide bonds. The quantitative estimate of drug-likeness (QED) is 0.0539. The van der Waals surface area contributed by atoms with Gasteiger partial charge in [0.05, 0.1) is 30.4 Å². The lowest BCUT2D eigenvalue weighted by molar-refractivity contribution is -0.137. The molecule has 0 unspecified atom stereocenters. The molecule has 2 aromatic carbocycles. The number of ketones is 2. The van der Waals surface area contributed by atoms with Crippen LogP contribution in [0.5, 0.6) is 23.0 Å². The van der Waals surface area contributed by atoms with Gasteiger partial charge >= 0.3 is 5.97 Å². The van der Waals surface area contributed by atoms with Crippen molar-refractivity contribution >= 4 is 86.8 Å². The van der Waals surface area contributed by atoms with Crippen molar-refractivity contribution in [3.63, 3.8) is 0 Å². The Morgan fingerprint density at radius 2 is 1.18 bits per heavy atom. The van der Waals surface area contributed by atoms with Gasteiger partial charge in [0.25, 0.3) is 0 Å². The van der Waals surface area contributed by atoms with Crippen molar-refractivity contribution < 1.29 is 52.0 Å². The molecule has 4 aromatic rings. The first-order valence-electron chi connectivity index (χ1n) is 13.0. The minimum Gasteiger partial charge on any atom is -0.493 e. The van der Waals surface area contributed by atoms with Crippen LogP contribution in [0.2, 0.25) is 0 Å². The maximum Gasteiger partial charge on any atom is 0.303 e. The second kappa shape index (κ2) is 14.9. The van der Waals surface area contributed by atoms with Crippen molar-refractivity contribution in [3.05, 3.63) is 57.8 Å². The lowest BCUT2D eigenvalue weighted by atomic mass is 10.1. The van der Waals surface area contributed by atoms with Gasteiger partial charge in [-0.15, -0.1) is 22.7 Å². The number of rotatable bonds is 16. The molecule has 0 atom stereocenters. The average molecular weight is 759 g/mol. The summed E-state index contributed by atoms with van der Waals surface area (Å²) in [5.74, 6) is -3.24. The zero-order valence-electron chi connectivity index (χ0n) is 23.4. The Bertz CT molecular complexity index is 1650. The van der Waals surface area contributed by atoms with Crippen molar-refractivity contribution in [3.8, 4) is 23.0 Å². The minimum atomic E-state index is -1.10. The molecule has 0 saturated heterocycles. The summed E-state index contributed by atoms with van der Waals surface area (Å²) in [6, 6.07) is 5.92. The molecule has 0 fully saturated rings. The molecular weight excluding hydrogens is 733 g/mol. The molecule has 232 valence electrons. The van der Waals surface area contributed by atoms with Crippen molar-refractivity contribution in [2.45, 2.75) is 25.7 Å². The van der Waals surface area contributed by atoms with Gasteiger partial charge in [0.15, 0.2) is 50.0 Å². The van der Waals surface area contributed by atoms with E-state index >= 15 is 8.78 Å². The number of carboxylic acids is 1. The molecule has 0 saturated carbocycles. The third kappa shape index (κ3) is 7.71. The van der Waals surface area contributed by atoms with Gasteiger partial charge in [0, 0.05) is 51.6 Å². The Morgan fingerprint density at radius 1 is 0.750 bits per heavy atom. The summed E-state index contributed by atoms with van der Waals surface area (Å²) >= 11 is 3.77. The van der Waals surface area contributed by atoms with Crippen molar-refractivity contribution in [1.29, 1.82) is 0 Å². The maximum absolute atomic E-state index is 15.4. The fourth-order valence-corrected chi connectivity index (χ4v) is 6.50. The number of carboxylic acid groups (broad SMARTS) is 1. The molecule has 2 aromatic heterocycles. The normalized spacial score (nSPS) is 11.3. The lowest BCUT2D eigenvalue weighted by Gasteiger charge is -2.12. The number of carbonyl (C=O) groups is 4. The van der Waals surface area contributed by atoms with Gasteiger partial charge in [0.2, 0.25) is 0 Å². The number of aliphatic carboxylic acids is 1. The van der Waals surface area contributed by atoms with E-state index in [1.165, 1.54) is 38.5 Å². The summed E-state index contributed by atoms with van der Waals surface area (Å²) in [5.41, 5.74) is 0. The zero-order valence-corrected chi connectivity index (χ0v) is 27.2. The number of ether oxygens (including phenoxy) is 4. The number of benzene rings is 2. The van der Waals surface area contributed by atoms with Crippen molar-refractivity contribution in [2.24, 2.45) is 0 Å². The second-order valence-electron chi connectivity index (χ2n) is 9.18. The average Bonchev–Trinajstić information content (AvgIpc) is 3.63. The van der Waals surface area contributed by atoms with Gasteiger partial charge in [-0.2, -0.15) is 0 Å². The standard InChI is InChI=1S/C30H25F2IO9S2/c1-39-19-13-21-15(11-23(43-21)17(34)5-7-25(33)36)27(31)29(19)41-9-3-4-10-42-30-20(40-2)14-22-16(28(30)32)12-24(44-22)18(35)6-8-26(37)38/h3-4,11-14H,5-10H2,1-2H3,(H,37,38)/b4-3+. The van der Waals surface area contributed by atoms with Gasteiger partial charge in [-0.25, -0.2) is 8.78 Å². The molecule has 0 aliphatic heterocycles. The smallest absolute Gasteiger partial charge is 0.303 e. The van der Waals surface area contributed by atoms with Crippen LogP contribution in [0.4, 0.5) is 8.78 Å². The first-order valence-corrected chi connectivity index (χ1v) is 15.7. The highest BCUT2D eigenvalue weighted by Gasteiger charge is 2.22. The highest BCUT2D eigenvalue weighted by atomic mass is 127. The van der Waals surface area contributed by atoms with E-state index in [-0.39, 0.29) is 87.1 Å². The van der Waals surface area contributed by atoms with Crippen LogP contribution in [0.3, 0.4) is 0 Å². The fourth-order valence-electron chi connectivity index (χ4n) is 4.12. The van der Waals surface area contributed by atoms with E-state index in [0.29, 0.717) is 14.3 Å². The van der Waals surface area contributed by atoms with Crippen LogP contribution in [0.25, 0.3) is 20.2 Å². The van der Waals surface area contributed by atoms with Gasteiger partial charge in [-0.05, 0) is 46.9 Å². The third-order valence-electron chi connectivity index (χ3n) is 6.28. The minimum absolute atomic E-state index is 0.0375. The molecule has 2 heterocycles. The van der Waals surface area contributed by atoms with Crippen LogP contribution < -0.4 is 18.9 Å². The summed E-state index contributed by atoms with van der Waals surface area (Å²) in [6.07, 6.45) is 2.70. The largest absolute Gasteiger partial charge is 0.493 e. The van der Waals surface area contributed by atoms with E-state index in [0.717, 1.165) is 22.7 Å². The second-order valence-corrected chi connectivity index (χ2v) is 12.5. The zero-order chi connectivity index (χ0) is 32.0. The van der Waals surface area contributed by atoms with Crippen molar-refractivity contribution in [2.75, 3.05) is 27.4 Å². The number of hydrogen-bond donors (Lipinski definition) is 1. The number of carbonyl (C=O) groups excluding carboxylic acids is 3. The molecule has 0 aliphatic carbocycles. The van der Waals surface area contributed by atoms with Gasteiger partial charge in [-0.3, -0.25) is 19.2 Å². The number of thiophene rings is 2. The highest BCUT2D eigenvalue weighted by Crippen LogP contribution is 2.41. The Hall–Kier alpha value is -3.63. The molecule has 4 rings (SSSR count). The van der Waals surface area contributed by atoms with Crippen LogP contribution in [0.15, 0.2) is 36.4 Å². The van der Waals surface area contributed by atoms with Crippen LogP contribution in [0, 0.1) is 11.6 Å². The molecule has 0 bridgehead atoms. The summed E-state index contributed by atoms with van der Waals surface area (Å²) in [7, 11) is 2.71. The highest BCUT2D eigenvalue weighted by molar-refractivity contribution is 14.1. The molecule has 0 radical (unpaired) electrons. The van der Waals surface area contributed by atoms with Gasteiger partial charge in [-0.1, -0.05) is 0 Å². The summed E-state index contributed by atoms with van der Waals surface area (Å²) in [6.45, 7) is -0.175. The topological polar surface area (TPSA) is 125 Å². The molecular formula is C30H25F2IO9S2. The van der Waals surface area contributed by atoms with Crippen LogP contribution >= 0.6 is 45.3 Å². The summed E-state index contributed by atoms with van der Waals surface area (Å²) in [4.78, 5) is 47.3. The van der Waals surface area contributed by atoms with Crippen molar-refractivity contribution in [1.82, 2.24) is 0 Å². The molecule has 0 spiro atoms. The predicted molar refractivity (Wildman–Crippen MR) is 171 cm³/mol. The summed E-state index contributed by atoms with van der Waals surface area (Å²) in [5, 5.41) is 9.16. The Labute approximate surface area is 271 Å². The Kier molecular flexibility index (Phi) is 11.3. The molecule has 0 aliphatic rings. The van der Waals surface area contributed by atoms with E-state index in [1.807, 2.05) is 0 Å². The van der Waals surface area contributed by atoms with Gasteiger partial charge < -0.3 is 24.1 Å². The Morgan fingerprint density at radius 3 is 1.57 bits per heavy atom. The van der Waals surface area contributed by atoms with E-state index in [4.69, 9.17) is 24.1 Å². The van der Waals surface area contributed by atoms with Gasteiger partial charge in [0.1, 0.15) is 13.2 Å². The van der Waals surface area contributed by atoms with Crippen LogP contribution in [-0.4, -0.2) is 53.9 Å². The van der Waals surface area contributed by atoms with E-state index in [1.54, 1.807) is 34.7 Å². The molecule has 9 nitrogen and oxygen atoms in total. The fraction of sp³-hybridized carbons (Fsp3) is 0.267. The van der Waals surface area contributed by atoms with Crippen LogP contribution in [-0.2, 0) is 9.59 Å². The van der Waals surface area contributed by atoms with Crippen LogP contribution in [0.1, 0.15) is 45.0 Å². The predicted octanol–water partition coefficient (Wildman–Crippen LogP) is 7.40. The molecule has 44 heavy (non-hydrogen) atoms. The molecule has 14 heteroatoms. The lowest BCUT2D eigenvalue weighted by Crippen LogP contribution is -2.02. The first-order chi connectivity index (χ1) is 21.0. The number of methoxy groups -OCH3 is 2. The first kappa shape index (κ1) is 33.3. The maximum atomic E-state index is 15.4. The Balaban J connectivity index is 1.43. The third-order valence-corrected chi connectivity index (χ3v) is 9.07. The molecule has 1 N–H and O–H groups in total. The monoisotopic (exact) mass is 758 g/mol.